The number of halogens is 1. The first-order valence-corrected chi connectivity index (χ1v) is 10.2. The fraction of sp³-hybridized carbons (Fsp3) is 0.261. The predicted molar refractivity (Wildman–Crippen MR) is 114 cm³/mol. The maximum Gasteiger partial charge on any atom is 0.254 e. The number of hydrogen-bond donors (Lipinski definition) is 0. The highest BCUT2D eigenvalue weighted by atomic mass is 79.9. The summed E-state index contributed by atoms with van der Waals surface area (Å²) in [6, 6.07) is 22.2. The Bertz CT molecular complexity index is 856. The van der Waals surface area contributed by atoms with Crippen LogP contribution in [-0.2, 0) is 13.1 Å². The fourth-order valence-electron chi connectivity index (χ4n) is 3.10. The molecule has 0 saturated heterocycles. The summed E-state index contributed by atoms with van der Waals surface area (Å²) in [4.78, 5) is 15.0. The first kappa shape index (κ1) is 19.4. The highest BCUT2D eigenvalue weighted by molar-refractivity contribution is 9.10. The van der Waals surface area contributed by atoms with E-state index in [4.69, 9.17) is 0 Å². The Labute approximate surface area is 169 Å². The zero-order valence-corrected chi connectivity index (χ0v) is 17.2. The highest BCUT2D eigenvalue weighted by Gasteiger charge is 2.17. The molecule has 0 bridgehead atoms. The van der Waals surface area contributed by atoms with E-state index in [1.54, 1.807) is 0 Å². The summed E-state index contributed by atoms with van der Waals surface area (Å²) in [5, 5.41) is 0. The second kappa shape index (κ2) is 9.56. The van der Waals surface area contributed by atoms with Crippen LogP contribution in [0.1, 0.15) is 41.4 Å². The van der Waals surface area contributed by atoms with E-state index in [0.29, 0.717) is 6.54 Å². The molecule has 0 aliphatic heterocycles. The molecular formula is C23H25BrN2O. The van der Waals surface area contributed by atoms with Gasteiger partial charge in [-0.05, 0) is 48.4 Å². The summed E-state index contributed by atoms with van der Waals surface area (Å²) in [5.41, 5.74) is 3.14. The van der Waals surface area contributed by atoms with Crippen LogP contribution in [0.5, 0.6) is 0 Å². The Hall–Kier alpha value is -2.33. The van der Waals surface area contributed by atoms with Gasteiger partial charge in [0.05, 0.1) is 6.54 Å². The highest BCUT2D eigenvalue weighted by Crippen LogP contribution is 2.16. The van der Waals surface area contributed by atoms with Crippen molar-refractivity contribution in [1.29, 1.82) is 0 Å². The number of unbranched alkanes of at least 4 members (excludes halogenated alkanes) is 1. The van der Waals surface area contributed by atoms with Gasteiger partial charge in [0.15, 0.2) is 0 Å². The van der Waals surface area contributed by atoms with E-state index >= 15 is 0 Å². The fourth-order valence-corrected chi connectivity index (χ4v) is 3.36. The lowest BCUT2D eigenvalue weighted by molar-refractivity contribution is 0.0737. The van der Waals surface area contributed by atoms with Gasteiger partial charge in [-0.2, -0.15) is 0 Å². The first-order valence-electron chi connectivity index (χ1n) is 9.40. The van der Waals surface area contributed by atoms with E-state index in [-0.39, 0.29) is 5.91 Å². The second-order valence-electron chi connectivity index (χ2n) is 6.70. The summed E-state index contributed by atoms with van der Waals surface area (Å²) in [6.07, 6.45) is 4.15. The molecule has 0 spiro atoms. The van der Waals surface area contributed by atoms with Crippen LogP contribution in [-0.4, -0.2) is 21.9 Å². The smallest absolute Gasteiger partial charge is 0.254 e. The Morgan fingerprint density at radius 2 is 1.74 bits per heavy atom. The van der Waals surface area contributed by atoms with Crippen molar-refractivity contribution in [2.45, 2.75) is 32.9 Å². The number of amides is 1. The molecule has 0 aliphatic carbocycles. The standard InChI is InChI=1S/C23H25BrN2O/c1-2-3-15-26(23(27)20-11-13-21(24)14-12-20)18-22-10-7-16-25(22)17-19-8-5-4-6-9-19/h4-14,16H,2-3,15,17-18H2,1H3. The molecule has 1 heterocycles. The lowest BCUT2D eigenvalue weighted by Gasteiger charge is -2.24. The Morgan fingerprint density at radius 1 is 1.00 bits per heavy atom. The van der Waals surface area contributed by atoms with Crippen molar-refractivity contribution in [2.75, 3.05) is 6.54 Å². The molecule has 0 atom stereocenters. The molecular weight excluding hydrogens is 400 g/mol. The lowest BCUT2D eigenvalue weighted by atomic mass is 10.1. The van der Waals surface area contributed by atoms with Crippen molar-refractivity contribution in [3.05, 3.63) is 94.2 Å². The van der Waals surface area contributed by atoms with Gasteiger partial charge >= 0.3 is 0 Å². The van der Waals surface area contributed by atoms with Crippen LogP contribution in [0.2, 0.25) is 0 Å². The van der Waals surface area contributed by atoms with Gasteiger partial charge in [-0.25, -0.2) is 0 Å². The van der Waals surface area contributed by atoms with Crippen LogP contribution in [0.15, 0.2) is 77.4 Å². The molecule has 3 nitrogen and oxygen atoms in total. The number of aromatic nitrogens is 1. The zero-order valence-electron chi connectivity index (χ0n) is 15.6. The zero-order chi connectivity index (χ0) is 19.1. The monoisotopic (exact) mass is 424 g/mol. The molecule has 4 heteroatoms. The van der Waals surface area contributed by atoms with Gasteiger partial charge in [0.25, 0.3) is 5.91 Å². The SMILES string of the molecule is CCCCN(Cc1cccn1Cc1ccccc1)C(=O)c1ccc(Br)cc1. The number of nitrogens with zero attached hydrogens (tertiary/aromatic N) is 2. The van der Waals surface area contributed by atoms with Crippen LogP contribution in [0.4, 0.5) is 0 Å². The summed E-state index contributed by atoms with van der Waals surface area (Å²) in [5.74, 6) is 0.0865. The van der Waals surface area contributed by atoms with E-state index < -0.39 is 0 Å². The molecule has 3 aromatic rings. The summed E-state index contributed by atoms with van der Waals surface area (Å²) < 4.78 is 3.21. The average Bonchev–Trinajstić information content (AvgIpc) is 3.12. The maximum atomic E-state index is 13.1. The van der Waals surface area contributed by atoms with Crippen LogP contribution in [0, 0.1) is 0 Å². The molecule has 140 valence electrons. The molecule has 27 heavy (non-hydrogen) atoms. The van der Waals surface area contributed by atoms with Crippen LogP contribution >= 0.6 is 15.9 Å². The number of hydrogen-bond acceptors (Lipinski definition) is 1. The van der Waals surface area contributed by atoms with Crippen LogP contribution in [0.3, 0.4) is 0 Å². The molecule has 0 saturated carbocycles. The first-order chi connectivity index (χ1) is 13.2. The summed E-state index contributed by atoms with van der Waals surface area (Å²) in [6.45, 7) is 4.36. The van der Waals surface area contributed by atoms with Gasteiger partial charge in [0.2, 0.25) is 0 Å². The van der Waals surface area contributed by atoms with Gasteiger partial charge in [0, 0.05) is 35.0 Å². The molecule has 3 rings (SSSR count). The molecule has 0 unspecified atom stereocenters. The van der Waals surface area contributed by atoms with Crippen molar-refractivity contribution in [3.8, 4) is 0 Å². The van der Waals surface area contributed by atoms with E-state index in [1.807, 2.05) is 35.2 Å². The van der Waals surface area contributed by atoms with Crippen molar-refractivity contribution in [2.24, 2.45) is 0 Å². The van der Waals surface area contributed by atoms with Crippen molar-refractivity contribution in [1.82, 2.24) is 9.47 Å². The molecule has 2 aromatic carbocycles. The Balaban J connectivity index is 1.78. The van der Waals surface area contributed by atoms with Crippen molar-refractivity contribution >= 4 is 21.8 Å². The molecule has 1 amide bonds. The molecule has 0 N–H and O–H groups in total. The maximum absolute atomic E-state index is 13.1. The third kappa shape index (κ3) is 5.33. The summed E-state index contributed by atoms with van der Waals surface area (Å²) >= 11 is 3.43. The summed E-state index contributed by atoms with van der Waals surface area (Å²) in [7, 11) is 0. The molecule has 0 aliphatic rings. The van der Waals surface area contributed by atoms with Crippen molar-refractivity contribution in [3.63, 3.8) is 0 Å². The van der Waals surface area contributed by atoms with Crippen LogP contribution < -0.4 is 0 Å². The Morgan fingerprint density at radius 3 is 2.44 bits per heavy atom. The van der Waals surface area contributed by atoms with Crippen molar-refractivity contribution < 1.29 is 4.79 Å². The number of carbonyl (C=O) groups is 1. The predicted octanol–water partition coefficient (Wildman–Crippen LogP) is 5.74. The van der Waals surface area contributed by atoms with Gasteiger partial charge < -0.3 is 9.47 Å². The van der Waals surface area contributed by atoms with Gasteiger partial charge in [0.1, 0.15) is 0 Å². The number of benzene rings is 2. The largest absolute Gasteiger partial charge is 0.345 e. The van der Waals surface area contributed by atoms with Gasteiger partial charge in [-0.15, -0.1) is 0 Å². The van der Waals surface area contributed by atoms with Gasteiger partial charge in [-0.1, -0.05) is 59.6 Å². The topological polar surface area (TPSA) is 25.2 Å². The molecule has 1 aromatic heterocycles. The number of carbonyl (C=O) groups excluding carboxylic acids is 1. The molecule has 0 fully saturated rings. The average molecular weight is 425 g/mol. The van der Waals surface area contributed by atoms with E-state index in [1.165, 1.54) is 5.56 Å². The third-order valence-corrected chi connectivity index (χ3v) is 5.16. The third-order valence-electron chi connectivity index (χ3n) is 4.63. The van der Waals surface area contributed by atoms with E-state index in [0.717, 1.165) is 41.7 Å². The van der Waals surface area contributed by atoms with E-state index in [9.17, 15) is 4.79 Å². The van der Waals surface area contributed by atoms with Crippen LogP contribution in [0.25, 0.3) is 0 Å². The van der Waals surface area contributed by atoms with E-state index in [2.05, 4.69) is 70.0 Å². The number of rotatable bonds is 8. The second-order valence-corrected chi connectivity index (χ2v) is 7.62. The minimum atomic E-state index is 0.0865. The quantitative estimate of drug-likeness (QED) is 0.452. The minimum Gasteiger partial charge on any atom is -0.345 e. The normalized spacial score (nSPS) is 10.7. The molecule has 0 radical (unpaired) electrons. The minimum absolute atomic E-state index is 0.0865. The Kier molecular flexibility index (Phi) is 6.88. The lowest BCUT2D eigenvalue weighted by Crippen LogP contribution is -2.32. The van der Waals surface area contributed by atoms with Gasteiger partial charge in [-0.3, -0.25) is 4.79 Å².